The number of carbonyl (C=O) groups is 1. The first-order valence-electron chi connectivity index (χ1n) is 7.21. The summed E-state index contributed by atoms with van der Waals surface area (Å²) >= 11 is 0. The van der Waals surface area contributed by atoms with Crippen molar-refractivity contribution in [3.63, 3.8) is 0 Å². The topological polar surface area (TPSA) is 80.8 Å². The molecule has 6 nitrogen and oxygen atoms in total. The molecule has 1 aromatic carbocycles. The van der Waals surface area contributed by atoms with Gasteiger partial charge in [0.15, 0.2) is 5.82 Å². The minimum atomic E-state index is -0.325. The standard InChI is InChI=1S/C16H14N4O2S2/c1-2-22-15(21)12-5-3-4-6-13(12)23-24-16-18-14(19-20-16)11-7-9-17-10-8-11/h3-10H,2H2,1H3,(H,18,19,20). The van der Waals surface area contributed by atoms with E-state index < -0.39 is 0 Å². The lowest BCUT2D eigenvalue weighted by molar-refractivity contribution is 0.0522. The third-order valence-corrected chi connectivity index (χ3v) is 5.19. The highest BCUT2D eigenvalue weighted by Gasteiger charge is 2.14. The monoisotopic (exact) mass is 358 g/mol. The number of ether oxygens (including phenoxy) is 1. The molecule has 8 heteroatoms. The number of pyridine rings is 1. The van der Waals surface area contributed by atoms with E-state index in [2.05, 4.69) is 20.2 Å². The zero-order valence-electron chi connectivity index (χ0n) is 12.8. The van der Waals surface area contributed by atoms with Crippen LogP contribution in [0, 0.1) is 0 Å². The molecule has 0 aliphatic heterocycles. The van der Waals surface area contributed by atoms with Gasteiger partial charge in [0.2, 0.25) is 5.16 Å². The van der Waals surface area contributed by atoms with Gasteiger partial charge in [0.25, 0.3) is 0 Å². The maximum Gasteiger partial charge on any atom is 0.339 e. The number of esters is 1. The second-order valence-corrected chi connectivity index (χ2v) is 6.72. The molecule has 3 aromatic rings. The van der Waals surface area contributed by atoms with E-state index in [1.165, 1.54) is 21.6 Å². The number of aromatic amines is 1. The fraction of sp³-hybridized carbons (Fsp3) is 0.125. The Balaban J connectivity index is 1.71. The molecule has 2 aromatic heterocycles. The maximum absolute atomic E-state index is 12.0. The normalized spacial score (nSPS) is 10.5. The molecule has 0 radical (unpaired) electrons. The zero-order valence-corrected chi connectivity index (χ0v) is 14.4. The van der Waals surface area contributed by atoms with Gasteiger partial charge in [0.05, 0.1) is 12.2 Å². The van der Waals surface area contributed by atoms with E-state index in [4.69, 9.17) is 4.74 Å². The van der Waals surface area contributed by atoms with Gasteiger partial charge in [-0.15, -0.1) is 5.10 Å². The first kappa shape index (κ1) is 16.5. The van der Waals surface area contributed by atoms with Gasteiger partial charge in [-0.25, -0.2) is 9.78 Å². The van der Waals surface area contributed by atoms with Crippen LogP contribution in [0.4, 0.5) is 0 Å². The minimum absolute atomic E-state index is 0.325. The second-order valence-electron chi connectivity index (χ2n) is 4.59. The van der Waals surface area contributed by atoms with E-state index in [-0.39, 0.29) is 5.97 Å². The van der Waals surface area contributed by atoms with E-state index in [1.807, 2.05) is 30.3 Å². The Kier molecular flexibility index (Phi) is 5.50. The summed E-state index contributed by atoms with van der Waals surface area (Å²) in [6.07, 6.45) is 3.41. The molecular weight excluding hydrogens is 344 g/mol. The van der Waals surface area contributed by atoms with Crippen molar-refractivity contribution < 1.29 is 9.53 Å². The molecule has 0 saturated heterocycles. The Morgan fingerprint density at radius 1 is 1.17 bits per heavy atom. The van der Waals surface area contributed by atoms with E-state index in [1.54, 1.807) is 25.4 Å². The molecule has 1 N–H and O–H groups in total. The van der Waals surface area contributed by atoms with Gasteiger partial charge >= 0.3 is 5.97 Å². The largest absolute Gasteiger partial charge is 0.462 e. The van der Waals surface area contributed by atoms with Crippen LogP contribution < -0.4 is 0 Å². The summed E-state index contributed by atoms with van der Waals surface area (Å²) < 4.78 is 5.08. The molecule has 24 heavy (non-hydrogen) atoms. The van der Waals surface area contributed by atoms with Crippen molar-refractivity contribution in [3.05, 3.63) is 54.4 Å². The van der Waals surface area contributed by atoms with Crippen LogP contribution in [0.5, 0.6) is 0 Å². The number of nitrogens with one attached hydrogen (secondary N) is 1. The van der Waals surface area contributed by atoms with Gasteiger partial charge in [-0.1, -0.05) is 12.1 Å². The molecule has 0 fully saturated rings. The van der Waals surface area contributed by atoms with Crippen molar-refractivity contribution in [2.45, 2.75) is 17.0 Å². The fourth-order valence-corrected chi connectivity index (χ4v) is 3.83. The van der Waals surface area contributed by atoms with Gasteiger partial charge in [0.1, 0.15) is 0 Å². The fourth-order valence-electron chi connectivity index (χ4n) is 1.92. The van der Waals surface area contributed by atoms with Gasteiger partial charge in [-0.2, -0.15) is 0 Å². The van der Waals surface area contributed by atoms with Gasteiger partial charge in [-0.3, -0.25) is 10.1 Å². The SMILES string of the molecule is CCOC(=O)c1ccccc1SSc1n[nH]c(-c2ccncc2)n1. The maximum atomic E-state index is 12.0. The van der Waals surface area contributed by atoms with Crippen molar-refractivity contribution >= 4 is 27.6 Å². The lowest BCUT2D eigenvalue weighted by Crippen LogP contribution is -2.05. The Bertz CT molecular complexity index is 824. The zero-order chi connectivity index (χ0) is 16.8. The lowest BCUT2D eigenvalue weighted by Gasteiger charge is -2.06. The quantitative estimate of drug-likeness (QED) is 0.529. The lowest BCUT2D eigenvalue weighted by atomic mass is 10.2. The summed E-state index contributed by atoms with van der Waals surface area (Å²) in [6, 6.07) is 11.0. The van der Waals surface area contributed by atoms with Crippen LogP contribution in [0.2, 0.25) is 0 Å². The summed E-state index contributed by atoms with van der Waals surface area (Å²) in [4.78, 5) is 21.2. The third-order valence-electron chi connectivity index (χ3n) is 3.01. The second kappa shape index (κ2) is 7.98. The van der Waals surface area contributed by atoms with E-state index in [9.17, 15) is 4.79 Å². The Morgan fingerprint density at radius 3 is 2.75 bits per heavy atom. The van der Waals surface area contributed by atoms with Gasteiger partial charge in [-0.05, 0) is 52.8 Å². The van der Waals surface area contributed by atoms with Crippen molar-refractivity contribution in [1.29, 1.82) is 0 Å². The van der Waals surface area contributed by atoms with E-state index in [0.29, 0.717) is 23.2 Å². The number of benzene rings is 1. The Labute approximate surface area is 146 Å². The summed E-state index contributed by atoms with van der Waals surface area (Å²) in [6.45, 7) is 2.14. The highest BCUT2D eigenvalue weighted by Crippen LogP contribution is 2.37. The predicted molar refractivity (Wildman–Crippen MR) is 93.7 cm³/mol. The summed E-state index contributed by atoms with van der Waals surface area (Å²) in [5.74, 6) is 0.354. The average molecular weight is 358 g/mol. The summed E-state index contributed by atoms with van der Waals surface area (Å²) in [7, 11) is 2.80. The van der Waals surface area contributed by atoms with Crippen molar-refractivity contribution in [1.82, 2.24) is 20.2 Å². The van der Waals surface area contributed by atoms with E-state index in [0.717, 1.165) is 10.5 Å². The predicted octanol–water partition coefficient (Wildman–Crippen LogP) is 3.84. The summed E-state index contributed by atoms with van der Waals surface area (Å²) in [5, 5.41) is 7.68. The van der Waals surface area contributed by atoms with E-state index >= 15 is 0 Å². The number of rotatable bonds is 6. The molecule has 0 bridgehead atoms. The molecule has 122 valence electrons. The van der Waals surface area contributed by atoms with Crippen molar-refractivity contribution in [2.75, 3.05) is 6.61 Å². The van der Waals surface area contributed by atoms with Gasteiger partial charge in [0, 0.05) is 22.9 Å². The number of hydrogen-bond donors (Lipinski definition) is 1. The van der Waals surface area contributed by atoms with Crippen LogP contribution in [-0.2, 0) is 4.74 Å². The number of carbonyl (C=O) groups excluding carboxylic acids is 1. The number of nitrogens with zero attached hydrogens (tertiary/aromatic N) is 3. The van der Waals surface area contributed by atoms with Crippen molar-refractivity contribution in [2.24, 2.45) is 0 Å². The third kappa shape index (κ3) is 3.95. The Morgan fingerprint density at radius 2 is 1.96 bits per heavy atom. The molecule has 3 rings (SSSR count). The number of hydrogen-bond acceptors (Lipinski definition) is 7. The molecule has 0 saturated carbocycles. The average Bonchev–Trinajstić information content (AvgIpc) is 3.10. The van der Waals surface area contributed by atoms with Crippen LogP contribution in [0.3, 0.4) is 0 Å². The first-order chi connectivity index (χ1) is 11.8. The summed E-state index contributed by atoms with van der Waals surface area (Å²) in [5.41, 5.74) is 1.46. The van der Waals surface area contributed by atoms with Crippen LogP contribution >= 0.6 is 21.6 Å². The highest BCUT2D eigenvalue weighted by molar-refractivity contribution is 8.76. The van der Waals surface area contributed by atoms with Gasteiger partial charge < -0.3 is 4.74 Å². The molecular formula is C16H14N4O2S2. The number of H-pyrrole nitrogens is 1. The first-order valence-corrected chi connectivity index (χ1v) is 9.36. The molecule has 0 spiro atoms. The minimum Gasteiger partial charge on any atom is -0.462 e. The Hall–Kier alpha value is -2.32. The molecule has 2 heterocycles. The molecule has 0 atom stereocenters. The smallest absolute Gasteiger partial charge is 0.339 e. The number of aromatic nitrogens is 4. The molecule has 0 aliphatic carbocycles. The van der Waals surface area contributed by atoms with Crippen LogP contribution in [0.1, 0.15) is 17.3 Å². The molecule has 0 aliphatic rings. The van der Waals surface area contributed by atoms with Crippen molar-refractivity contribution in [3.8, 4) is 11.4 Å². The molecule has 0 unspecified atom stereocenters. The van der Waals surface area contributed by atoms with Crippen LogP contribution in [0.15, 0.2) is 58.8 Å². The van der Waals surface area contributed by atoms with Crippen LogP contribution in [0.25, 0.3) is 11.4 Å². The molecule has 0 amide bonds. The highest BCUT2D eigenvalue weighted by atomic mass is 33.1. The van der Waals surface area contributed by atoms with Crippen LogP contribution in [-0.4, -0.2) is 32.7 Å².